The fourth-order valence-electron chi connectivity index (χ4n) is 7.54. The van der Waals surface area contributed by atoms with E-state index in [1.165, 1.54) is 22.3 Å². The summed E-state index contributed by atoms with van der Waals surface area (Å²) in [5, 5.41) is 7.68. The van der Waals surface area contributed by atoms with Crippen LogP contribution in [0.15, 0.2) is 160 Å². The Morgan fingerprint density at radius 2 is 1.08 bits per heavy atom. The lowest BCUT2D eigenvalue weighted by Crippen LogP contribution is -1.94. The minimum absolute atomic E-state index is 0.670. The van der Waals surface area contributed by atoms with Crippen molar-refractivity contribution in [2.45, 2.75) is 0 Å². The van der Waals surface area contributed by atoms with Crippen LogP contribution in [0.2, 0.25) is 0 Å². The first-order chi connectivity index (χ1) is 24.8. The zero-order chi connectivity index (χ0) is 32.8. The summed E-state index contributed by atoms with van der Waals surface area (Å²) in [6, 6.07) is 52.9. The van der Waals surface area contributed by atoms with E-state index >= 15 is 0 Å². The molecule has 0 amide bonds. The van der Waals surface area contributed by atoms with E-state index in [1.54, 1.807) is 0 Å². The van der Waals surface area contributed by atoms with Crippen LogP contribution in [0.5, 0.6) is 0 Å². The molecule has 234 valence electrons. The van der Waals surface area contributed by atoms with Crippen LogP contribution in [0.1, 0.15) is 0 Å². The maximum Gasteiger partial charge on any atom is 0.177 e. The van der Waals surface area contributed by atoms with Crippen molar-refractivity contribution in [1.82, 2.24) is 13.9 Å². The Morgan fingerprint density at radius 3 is 1.86 bits per heavy atom. The number of benzene rings is 7. The zero-order valence-corrected chi connectivity index (χ0v) is 27.3. The number of fused-ring (bicyclic) bond motifs is 9. The Kier molecular flexibility index (Phi) is 5.76. The van der Waals surface area contributed by atoms with Crippen LogP contribution in [-0.2, 0) is 0 Å². The van der Waals surface area contributed by atoms with E-state index < -0.39 is 0 Å². The number of para-hydroxylation sites is 5. The van der Waals surface area contributed by atoms with Gasteiger partial charge in [-0.1, -0.05) is 103 Å². The van der Waals surface area contributed by atoms with Crippen molar-refractivity contribution < 1.29 is 8.83 Å². The number of aromatic nitrogens is 3. The third-order valence-electron chi connectivity index (χ3n) is 9.81. The molecule has 4 heterocycles. The Morgan fingerprint density at radius 1 is 0.460 bits per heavy atom. The molecule has 0 radical (unpaired) electrons. The topological polar surface area (TPSA) is 57.0 Å². The summed E-state index contributed by atoms with van der Waals surface area (Å²) in [5.41, 5.74) is 11.0. The zero-order valence-electron chi connectivity index (χ0n) is 26.5. The third kappa shape index (κ3) is 4.00. The second-order valence-electron chi connectivity index (χ2n) is 12.6. The van der Waals surface area contributed by atoms with Crippen LogP contribution < -0.4 is 0 Å². The van der Waals surface area contributed by atoms with Crippen LogP contribution in [-0.4, -0.2) is 13.9 Å². The van der Waals surface area contributed by atoms with Crippen molar-refractivity contribution in [1.29, 1.82) is 0 Å². The summed E-state index contributed by atoms with van der Waals surface area (Å²) in [6.07, 6.45) is 0. The predicted octanol–water partition coefficient (Wildman–Crippen LogP) is 12.4. The van der Waals surface area contributed by atoms with E-state index in [9.17, 15) is 0 Å². The molecule has 0 fully saturated rings. The SMILES string of the molecule is c1cc(-c2nc(-c3cccc4c3oc3ccccc34)ns2)cc(-n2c3ccccc3c3cc(-c4cccc5c4oc4ccccc45)ccc32)c1. The molecule has 0 unspecified atom stereocenters. The van der Waals surface area contributed by atoms with Crippen LogP contribution >= 0.6 is 11.5 Å². The van der Waals surface area contributed by atoms with Gasteiger partial charge < -0.3 is 13.4 Å². The van der Waals surface area contributed by atoms with Gasteiger partial charge in [-0.3, -0.25) is 0 Å². The quantitative estimate of drug-likeness (QED) is 0.189. The molecule has 0 saturated heterocycles. The van der Waals surface area contributed by atoms with Gasteiger partial charge in [-0.05, 0) is 65.6 Å². The van der Waals surface area contributed by atoms with Crippen LogP contribution in [0.25, 0.3) is 104 Å². The molecular weight excluding hydrogens is 635 g/mol. The molecule has 0 saturated carbocycles. The van der Waals surface area contributed by atoms with Crippen molar-refractivity contribution in [3.8, 4) is 38.8 Å². The molecule has 0 atom stereocenters. The summed E-state index contributed by atoms with van der Waals surface area (Å²) >= 11 is 1.41. The van der Waals surface area contributed by atoms with Crippen LogP contribution in [0.4, 0.5) is 0 Å². The first kappa shape index (κ1) is 27.5. The molecule has 0 N–H and O–H groups in total. The molecular formula is C44H25N3O2S. The molecule has 0 spiro atoms. The van der Waals surface area contributed by atoms with E-state index in [0.717, 1.165) is 87.9 Å². The Bertz CT molecular complexity index is 3120. The normalized spacial score (nSPS) is 12.0. The average Bonchev–Trinajstić information content (AvgIpc) is 3.96. The predicted molar refractivity (Wildman–Crippen MR) is 205 cm³/mol. The van der Waals surface area contributed by atoms with Gasteiger partial charge in [-0.15, -0.1) is 0 Å². The number of nitrogens with zero attached hydrogens (tertiary/aromatic N) is 3. The molecule has 50 heavy (non-hydrogen) atoms. The standard InChI is InChI=1S/C44H25N3O2S/c1-4-19-37-30(12-1)36-25-26(29-15-8-16-33-31-13-2-5-20-39(31)48-41(29)33)22-23-38(36)47(37)28-11-7-10-27(24-28)44-45-43(46-50-44)35-18-9-17-34-32-14-3-6-21-40(32)49-42(34)35/h1-25H. The molecule has 11 aromatic rings. The van der Waals surface area contributed by atoms with Gasteiger partial charge in [0.15, 0.2) is 5.82 Å². The molecule has 0 aliphatic heterocycles. The first-order valence-corrected chi connectivity index (χ1v) is 17.3. The van der Waals surface area contributed by atoms with Crippen molar-refractivity contribution in [2.24, 2.45) is 0 Å². The monoisotopic (exact) mass is 659 g/mol. The second kappa shape index (κ2) is 10.5. The maximum absolute atomic E-state index is 6.41. The summed E-state index contributed by atoms with van der Waals surface area (Å²) < 4.78 is 19.9. The fourth-order valence-corrected chi connectivity index (χ4v) is 8.22. The van der Waals surface area contributed by atoms with Gasteiger partial charge in [0.2, 0.25) is 0 Å². The summed E-state index contributed by atoms with van der Waals surface area (Å²) in [4.78, 5) is 5.03. The van der Waals surface area contributed by atoms with Gasteiger partial charge in [-0.2, -0.15) is 4.37 Å². The smallest absolute Gasteiger partial charge is 0.177 e. The molecule has 0 aliphatic rings. The van der Waals surface area contributed by atoms with Gasteiger partial charge in [0.25, 0.3) is 0 Å². The number of hydrogen-bond acceptors (Lipinski definition) is 5. The summed E-state index contributed by atoms with van der Waals surface area (Å²) in [5.74, 6) is 0.670. The van der Waals surface area contributed by atoms with Crippen molar-refractivity contribution in [2.75, 3.05) is 0 Å². The minimum Gasteiger partial charge on any atom is -0.455 e. The van der Waals surface area contributed by atoms with Gasteiger partial charge >= 0.3 is 0 Å². The Balaban J connectivity index is 1.03. The minimum atomic E-state index is 0.670. The lowest BCUT2D eigenvalue weighted by atomic mass is 10.0. The second-order valence-corrected chi connectivity index (χ2v) is 13.4. The van der Waals surface area contributed by atoms with E-state index in [4.69, 9.17) is 18.2 Å². The average molecular weight is 660 g/mol. The molecule has 11 rings (SSSR count). The van der Waals surface area contributed by atoms with Gasteiger partial charge in [0, 0.05) is 49.1 Å². The number of furan rings is 2. The Labute approximate surface area is 289 Å². The van der Waals surface area contributed by atoms with E-state index in [0.29, 0.717) is 5.82 Å². The summed E-state index contributed by atoms with van der Waals surface area (Å²) in [7, 11) is 0. The highest BCUT2D eigenvalue weighted by Gasteiger charge is 2.19. The van der Waals surface area contributed by atoms with Gasteiger partial charge in [-0.25, -0.2) is 4.98 Å². The molecule has 5 nitrogen and oxygen atoms in total. The van der Waals surface area contributed by atoms with Crippen molar-refractivity contribution >= 4 is 77.2 Å². The highest BCUT2D eigenvalue weighted by Crippen LogP contribution is 2.40. The van der Waals surface area contributed by atoms with Crippen molar-refractivity contribution in [3.05, 3.63) is 152 Å². The molecule has 4 aromatic heterocycles. The van der Waals surface area contributed by atoms with Crippen LogP contribution in [0.3, 0.4) is 0 Å². The van der Waals surface area contributed by atoms with Crippen molar-refractivity contribution in [3.63, 3.8) is 0 Å². The molecule has 7 aromatic carbocycles. The summed E-state index contributed by atoms with van der Waals surface area (Å²) in [6.45, 7) is 0. The van der Waals surface area contributed by atoms with E-state index in [2.05, 4.69) is 114 Å². The number of rotatable bonds is 4. The van der Waals surface area contributed by atoms with Crippen LogP contribution in [0, 0.1) is 0 Å². The number of hydrogen-bond donors (Lipinski definition) is 0. The largest absolute Gasteiger partial charge is 0.455 e. The molecule has 6 heteroatoms. The highest BCUT2D eigenvalue weighted by atomic mass is 32.1. The molecule has 0 bridgehead atoms. The highest BCUT2D eigenvalue weighted by molar-refractivity contribution is 7.09. The Hall–Kier alpha value is -6.50. The van der Waals surface area contributed by atoms with E-state index in [1.807, 2.05) is 42.5 Å². The lowest BCUT2D eigenvalue weighted by molar-refractivity contribution is 0.669. The first-order valence-electron chi connectivity index (χ1n) is 16.6. The maximum atomic E-state index is 6.41. The van der Waals surface area contributed by atoms with Gasteiger partial charge in [0.05, 0.1) is 16.6 Å². The van der Waals surface area contributed by atoms with Gasteiger partial charge in [0.1, 0.15) is 27.3 Å². The lowest BCUT2D eigenvalue weighted by Gasteiger charge is -2.10. The molecule has 0 aliphatic carbocycles. The third-order valence-corrected chi connectivity index (χ3v) is 10.6. The fraction of sp³-hybridized carbons (Fsp3) is 0. The van der Waals surface area contributed by atoms with E-state index in [-0.39, 0.29) is 0 Å².